The highest BCUT2D eigenvalue weighted by molar-refractivity contribution is 5.83. The average Bonchev–Trinajstić information content (AvgIpc) is 2.99. The van der Waals surface area contributed by atoms with E-state index in [1.54, 1.807) is 18.6 Å². The zero-order valence-corrected chi connectivity index (χ0v) is 13.0. The second-order valence-electron chi connectivity index (χ2n) is 7.81. The van der Waals surface area contributed by atoms with Gasteiger partial charge in [-0.25, -0.2) is 0 Å². The van der Waals surface area contributed by atoms with Crippen LogP contribution in [-0.4, -0.2) is 17.6 Å². The Morgan fingerprint density at radius 2 is 1.91 bits per heavy atom. The fraction of sp³-hybridized carbons (Fsp3) is 0.722. The average molecular weight is 303 g/mol. The monoisotopic (exact) mass is 303 g/mol. The molecule has 4 aliphatic carbocycles. The normalized spacial score (nSPS) is 37.2. The topological polar surface area (TPSA) is 62.5 Å². The maximum Gasteiger partial charge on any atom is 0.226 e. The predicted molar refractivity (Wildman–Crippen MR) is 81.9 cm³/mol. The fourth-order valence-electron chi connectivity index (χ4n) is 5.53. The van der Waals surface area contributed by atoms with E-state index >= 15 is 0 Å². The van der Waals surface area contributed by atoms with Crippen LogP contribution in [0.3, 0.4) is 0 Å². The minimum atomic E-state index is -0.560. The summed E-state index contributed by atoms with van der Waals surface area (Å²) < 4.78 is 4.98. The van der Waals surface area contributed by atoms with Crippen molar-refractivity contribution in [1.82, 2.24) is 5.32 Å². The summed E-state index contributed by atoms with van der Waals surface area (Å²) in [7, 11) is 0. The lowest BCUT2D eigenvalue weighted by Gasteiger charge is -2.55. The van der Waals surface area contributed by atoms with Crippen LogP contribution in [0, 0.1) is 23.2 Å². The summed E-state index contributed by atoms with van der Waals surface area (Å²) >= 11 is 0. The van der Waals surface area contributed by atoms with Gasteiger partial charge in [-0.3, -0.25) is 4.79 Å². The molecule has 5 rings (SSSR count). The number of hydrogen-bond donors (Lipinski definition) is 2. The number of nitrogens with one attached hydrogen (secondary N) is 1. The summed E-state index contributed by atoms with van der Waals surface area (Å²) in [6.45, 7) is 0.535. The Balaban J connectivity index is 1.33. The minimum Gasteiger partial charge on any atom is -0.472 e. The molecule has 4 fully saturated rings. The molecule has 2 N–H and O–H groups in total. The summed E-state index contributed by atoms with van der Waals surface area (Å²) in [4.78, 5) is 12.8. The summed E-state index contributed by atoms with van der Waals surface area (Å²) in [5, 5.41) is 13.1. The second kappa shape index (κ2) is 5.41. The number of aliphatic hydroxyl groups excluding tert-OH is 1. The van der Waals surface area contributed by atoms with E-state index in [-0.39, 0.29) is 11.3 Å². The molecule has 0 spiro atoms. The van der Waals surface area contributed by atoms with Gasteiger partial charge in [-0.1, -0.05) is 0 Å². The van der Waals surface area contributed by atoms with E-state index in [0.29, 0.717) is 13.0 Å². The molecule has 1 aromatic rings. The van der Waals surface area contributed by atoms with E-state index in [1.807, 2.05) is 0 Å². The first-order valence-corrected chi connectivity index (χ1v) is 8.63. The molecule has 0 aromatic carbocycles. The highest BCUT2D eigenvalue weighted by atomic mass is 16.3. The van der Waals surface area contributed by atoms with E-state index in [0.717, 1.165) is 42.6 Å². The summed E-state index contributed by atoms with van der Waals surface area (Å²) in [5.41, 5.74) is 0.694. The largest absolute Gasteiger partial charge is 0.472 e. The Morgan fingerprint density at radius 3 is 2.45 bits per heavy atom. The molecule has 22 heavy (non-hydrogen) atoms. The van der Waals surface area contributed by atoms with Gasteiger partial charge in [0.25, 0.3) is 0 Å². The van der Waals surface area contributed by atoms with Crippen molar-refractivity contribution in [2.45, 2.75) is 51.0 Å². The lowest BCUT2D eigenvalue weighted by atomic mass is 9.49. The van der Waals surface area contributed by atoms with Gasteiger partial charge in [0, 0.05) is 17.5 Å². The number of furan rings is 1. The van der Waals surface area contributed by atoms with Gasteiger partial charge in [-0.15, -0.1) is 0 Å². The second-order valence-corrected chi connectivity index (χ2v) is 7.81. The van der Waals surface area contributed by atoms with Crippen molar-refractivity contribution in [3.63, 3.8) is 0 Å². The van der Waals surface area contributed by atoms with Crippen molar-refractivity contribution < 1.29 is 14.3 Å². The van der Waals surface area contributed by atoms with Crippen LogP contribution < -0.4 is 5.32 Å². The van der Waals surface area contributed by atoms with Gasteiger partial charge in [0.1, 0.15) is 0 Å². The lowest BCUT2D eigenvalue weighted by molar-refractivity contribution is -0.146. The molecule has 1 aromatic heterocycles. The number of rotatable bonds is 5. The first-order chi connectivity index (χ1) is 10.6. The van der Waals surface area contributed by atoms with Gasteiger partial charge < -0.3 is 14.8 Å². The van der Waals surface area contributed by atoms with Crippen molar-refractivity contribution >= 4 is 5.91 Å². The highest BCUT2D eigenvalue weighted by Gasteiger charge is 2.54. The smallest absolute Gasteiger partial charge is 0.226 e. The highest BCUT2D eigenvalue weighted by Crippen LogP contribution is 2.60. The van der Waals surface area contributed by atoms with Crippen molar-refractivity contribution in [1.29, 1.82) is 0 Å². The molecule has 1 amide bonds. The van der Waals surface area contributed by atoms with Gasteiger partial charge in [-0.05, 0) is 68.8 Å². The van der Waals surface area contributed by atoms with Crippen LogP contribution in [0.5, 0.6) is 0 Å². The van der Waals surface area contributed by atoms with Crippen molar-refractivity contribution in [2.75, 3.05) is 6.54 Å². The predicted octanol–water partition coefficient (Wildman–Crippen LogP) is 3.04. The molecule has 4 bridgehead atoms. The zero-order chi connectivity index (χ0) is 15.2. The number of aliphatic hydroxyl groups is 1. The molecular formula is C18H25NO3. The quantitative estimate of drug-likeness (QED) is 0.879. The van der Waals surface area contributed by atoms with E-state index in [4.69, 9.17) is 4.42 Å². The van der Waals surface area contributed by atoms with Gasteiger partial charge in [-0.2, -0.15) is 0 Å². The molecule has 4 saturated carbocycles. The van der Waals surface area contributed by atoms with Crippen molar-refractivity contribution in [2.24, 2.45) is 23.2 Å². The molecule has 1 heterocycles. The Labute approximate surface area is 131 Å². The van der Waals surface area contributed by atoms with Crippen LogP contribution in [0.15, 0.2) is 23.0 Å². The van der Waals surface area contributed by atoms with E-state index in [2.05, 4.69) is 5.32 Å². The molecule has 4 heteroatoms. The number of carbonyl (C=O) groups is 1. The van der Waals surface area contributed by atoms with Crippen molar-refractivity contribution in [3.8, 4) is 0 Å². The van der Waals surface area contributed by atoms with Gasteiger partial charge >= 0.3 is 0 Å². The number of hydrogen-bond acceptors (Lipinski definition) is 3. The Morgan fingerprint density at radius 1 is 1.27 bits per heavy atom. The summed E-state index contributed by atoms with van der Waals surface area (Å²) in [5.74, 6) is 2.60. The lowest BCUT2D eigenvalue weighted by Crippen LogP contribution is -2.53. The van der Waals surface area contributed by atoms with Crippen LogP contribution in [0.4, 0.5) is 0 Å². The zero-order valence-electron chi connectivity index (χ0n) is 13.0. The number of amides is 1. The fourth-order valence-corrected chi connectivity index (χ4v) is 5.53. The van der Waals surface area contributed by atoms with E-state index < -0.39 is 6.10 Å². The summed E-state index contributed by atoms with van der Waals surface area (Å²) in [6, 6.07) is 1.77. The standard InChI is InChI=1S/C18H25NO3/c20-16(15-2-4-22-11-15)1-3-19-17(21)18-8-12-5-13(9-18)7-14(6-12)10-18/h2,4,11-14,16,20H,1,3,5-10H2,(H,19,21). The van der Waals surface area contributed by atoms with Crippen LogP contribution in [0.1, 0.15) is 56.6 Å². The maximum atomic E-state index is 12.8. The molecule has 1 atom stereocenters. The van der Waals surface area contributed by atoms with Crippen LogP contribution >= 0.6 is 0 Å². The third kappa shape index (κ3) is 2.47. The SMILES string of the molecule is O=C(NCCC(O)c1ccoc1)C12CC3CC(CC(C3)C1)C2. The Hall–Kier alpha value is -1.29. The van der Waals surface area contributed by atoms with Crippen LogP contribution in [-0.2, 0) is 4.79 Å². The molecular weight excluding hydrogens is 278 g/mol. The van der Waals surface area contributed by atoms with Crippen molar-refractivity contribution in [3.05, 3.63) is 24.2 Å². The first kappa shape index (κ1) is 14.3. The van der Waals surface area contributed by atoms with E-state index in [1.165, 1.54) is 19.3 Å². The molecule has 0 radical (unpaired) electrons. The Kier molecular flexibility index (Phi) is 3.52. The third-order valence-corrected chi connectivity index (χ3v) is 6.15. The molecule has 4 aliphatic rings. The van der Waals surface area contributed by atoms with E-state index in [9.17, 15) is 9.90 Å². The molecule has 1 unspecified atom stereocenters. The van der Waals surface area contributed by atoms with Gasteiger partial charge in [0.05, 0.1) is 18.6 Å². The molecule has 4 nitrogen and oxygen atoms in total. The molecule has 0 saturated heterocycles. The van der Waals surface area contributed by atoms with Gasteiger partial charge in [0.15, 0.2) is 0 Å². The van der Waals surface area contributed by atoms with Gasteiger partial charge in [0.2, 0.25) is 5.91 Å². The number of carbonyl (C=O) groups excluding carboxylic acids is 1. The third-order valence-electron chi connectivity index (χ3n) is 6.15. The van der Waals surface area contributed by atoms with Crippen LogP contribution in [0.2, 0.25) is 0 Å². The van der Waals surface area contributed by atoms with Crippen LogP contribution in [0.25, 0.3) is 0 Å². The Bertz CT molecular complexity index is 501. The molecule has 120 valence electrons. The maximum absolute atomic E-state index is 12.8. The minimum absolute atomic E-state index is 0.0880. The molecule has 0 aliphatic heterocycles. The summed E-state index contributed by atoms with van der Waals surface area (Å²) in [6.07, 6.45) is 10.4. The first-order valence-electron chi connectivity index (χ1n) is 8.63.